The van der Waals surface area contributed by atoms with E-state index in [-0.39, 0.29) is 17.2 Å². The minimum Gasteiger partial charge on any atom is -0.360 e. The van der Waals surface area contributed by atoms with E-state index in [0.717, 1.165) is 0 Å². The summed E-state index contributed by atoms with van der Waals surface area (Å²) in [7, 11) is 0. The highest BCUT2D eigenvalue weighted by molar-refractivity contribution is 6.05. The largest absolute Gasteiger partial charge is 0.360 e. The van der Waals surface area contributed by atoms with Gasteiger partial charge >= 0.3 is 0 Å². The smallest absolute Gasteiger partial charge is 0.275 e. The van der Waals surface area contributed by atoms with E-state index in [1.165, 1.54) is 12.1 Å². The number of hydrogen-bond acceptors (Lipinski definition) is 6. The summed E-state index contributed by atoms with van der Waals surface area (Å²) in [5.74, 6) is -0.154. The molecule has 2 heterocycles. The number of benzene rings is 1. The number of carbonyl (C=O) groups is 2. The fourth-order valence-corrected chi connectivity index (χ4v) is 2.12. The highest BCUT2D eigenvalue weighted by Crippen LogP contribution is 2.12. The molecule has 2 amide bonds. The summed E-state index contributed by atoms with van der Waals surface area (Å²) in [6, 6.07) is 14.5. The SMILES string of the molecule is Cc1cc(NC(=O)c2cccc(C(=O)Nc3ccc(C#N)cc3)n2)no1. The molecule has 2 aromatic heterocycles. The summed E-state index contributed by atoms with van der Waals surface area (Å²) >= 11 is 0. The molecule has 2 N–H and O–H groups in total. The van der Waals surface area contributed by atoms with Crippen molar-refractivity contribution in [1.82, 2.24) is 10.1 Å². The molecular formula is C18H13N5O3. The van der Waals surface area contributed by atoms with Crippen molar-refractivity contribution in [3.05, 3.63) is 71.2 Å². The third kappa shape index (κ3) is 3.91. The molecule has 0 saturated heterocycles. The van der Waals surface area contributed by atoms with Crippen LogP contribution < -0.4 is 10.6 Å². The van der Waals surface area contributed by atoms with Crippen molar-refractivity contribution >= 4 is 23.3 Å². The minimum absolute atomic E-state index is 0.0677. The lowest BCUT2D eigenvalue weighted by Crippen LogP contribution is -2.18. The van der Waals surface area contributed by atoms with Crippen molar-refractivity contribution in [2.24, 2.45) is 0 Å². The second-order valence-corrected chi connectivity index (χ2v) is 5.33. The van der Waals surface area contributed by atoms with Gasteiger partial charge in [0.1, 0.15) is 17.1 Å². The van der Waals surface area contributed by atoms with Crippen LogP contribution in [0.3, 0.4) is 0 Å². The van der Waals surface area contributed by atoms with E-state index >= 15 is 0 Å². The maximum Gasteiger partial charge on any atom is 0.275 e. The third-order valence-corrected chi connectivity index (χ3v) is 3.36. The Morgan fingerprint density at radius 3 is 2.27 bits per heavy atom. The van der Waals surface area contributed by atoms with Crippen molar-refractivity contribution in [1.29, 1.82) is 5.26 Å². The molecule has 0 radical (unpaired) electrons. The van der Waals surface area contributed by atoms with Gasteiger partial charge in [-0.15, -0.1) is 0 Å². The molecule has 26 heavy (non-hydrogen) atoms. The van der Waals surface area contributed by atoms with Gasteiger partial charge < -0.3 is 15.2 Å². The van der Waals surface area contributed by atoms with Crippen molar-refractivity contribution in [2.45, 2.75) is 6.92 Å². The number of carbonyl (C=O) groups excluding carboxylic acids is 2. The van der Waals surface area contributed by atoms with E-state index in [1.54, 1.807) is 43.3 Å². The summed E-state index contributed by atoms with van der Waals surface area (Å²) in [5.41, 5.74) is 1.16. The van der Waals surface area contributed by atoms with Gasteiger partial charge in [-0.05, 0) is 43.3 Å². The molecular weight excluding hydrogens is 334 g/mol. The summed E-state index contributed by atoms with van der Waals surface area (Å²) in [6.07, 6.45) is 0. The Labute approximate surface area is 148 Å². The van der Waals surface area contributed by atoms with E-state index in [4.69, 9.17) is 9.78 Å². The average Bonchev–Trinajstić information content (AvgIpc) is 3.07. The van der Waals surface area contributed by atoms with Crippen LogP contribution in [-0.2, 0) is 0 Å². The first-order valence-corrected chi connectivity index (χ1v) is 7.58. The molecule has 0 aliphatic carbocycles. The van der Waals surface area contributed by atoms with Gasteiger partial charge in [0.2, 0.25) is 0 Å². The lowest BCUT2D eigenvalue weighted by atomic mass is 10.2. The Morgan fingerprint density at radius 2 is 1.69 bits per heavy atom. The highest BCUT2D eigenvalue weighted by atomic mass is 16.5. The van der Waals surface area contributed by atoms with E-state index in [0.29, 0.717) is 17.0 Å². The molecule has 0 spiro atoms. The molecule has 0 fully saturated rings. The van der Waals surface area contributed by atoms with Crippen molar-refractivity contribution in [3.8, 4) is 6.07 Å². The number of nitriles is 1. The van der Waals surface area contributed by atoms with Crippen LogP contribution >= 0.6 is 0 Å². The van der Waals surface area contributed by atoms with Crippen LogP contribution in [0.4, 0.5) is 11.5 Å². The molecule has 0 atom stereocenters. The number of aryl methyl sites for hydroxylation is 1. The molecule has 8 nitrogen and oxygen atoms in total. The maximum absolute atomic E-state index is 12.3. The minimum atomic E-state index is -0.508. The van der Waals surface area contributed by atoms with E-state index < -0.39 is 11.8 Å². The van der Waals surface area contributed by atoms with Crippen LogP contribution in [0.2, 0.25) is 0 Å². The Hall–Kier alpha value is -3.99. The van der Waals surface area contributed by atoms with Crippen LogP contribution in [-0.4, -0.2) is 22.0 Å². The first-order chi connectivity index (χ1) is 12.5. The lowest BCUT2D eigenvalue weighted by molar-refractivity contribution is 0.101. The van der Waals surface area contributed by atoms with Gasteiger partial charge in [0.15, 0.2) is 5.82 Å². The number of pyridine rings is 1. The zero-order chi connectivity index (χ0) is 18.5. The van der Waals surface area contributed by atoms with Gasteiger partial charge in [0.25, 0.3) is 11.8 Å². The number of hydrogen-bond donors (Lipinski definition) is 2. The van der Waals surface area contributed by atoms with Crippen molar-refractivity contribution < 1.29 is 14.1 Å². The standard InChI is InChI=1S/C18H13N5O3/c1-11-9-16(23-26-11)22-18(25)15-4-2-3-14(21-15)17(24)20-13-7-5-12(10-19)6-8-13/h2-9H,1H3,(H,20,24)(H,22,23,25). The predicted molar refractivity (Wildman–Crippen MR) is 92.5 cm³/mol. The lowest BCUT2D eigenvalue weighted by Gasteiger charge is -2.06. The van der Waals surface area contributed by atoms with Crippen LogP contribution in [0.25, 0.3) is 0 Å². The molecule has 3 rings (SSSR count). The summed E-state index contributed by atoms with van der Waals surface area (Å²) in [5, 5.41) is 17.7. The fraction of sp³-hybridized carbons (Fsp3) is 0.0556. The second kappa shape index (κ2) is 7.27. The van der Waals surface area contributed by atoms with Crippen molar-refractivity contribution in [3.63, 3.8) is 0 Å². The Balaban J connectivity index is 1.72. The van der Waals surface area contributed by atoms with Crippen LogP contribution in [0, 0.1) is 18.3 Å². The number of amides is 2. The highest BCUT2D eigenvalue weighted by Gasteiger charge is 2.14. The van der Waals surface area contributed by atoms with Gasteiger partial charge in [0, 0.05) is 11.8 Å². The monoisotopic (exact) mass is 347 g/mol. The van der Waals surface area contributed by atoms with Gasteiger partial charge in [-0.3, -0.25) is 9.59 Å². The Morgan fingerprint density at radius 1 is 1.04 bits per heavy atom. The Bertz CT molecular complexity index is 1000. The number of nitrogens with zero attached hydrogens (tertiary/aromatic N) is 3. The van der Waals surface area contributed by atoms with E-state index in [9.17, 15) is 9.59 Å². The Kier molecular flexibility index (Phi) is 4.71. The summed E-state index contributed by atoms with van der Waals surface area (Å²) < 4.78 is 4.88. The zero-order valence-electron chi connectivity index (χ0n) is 13.7. The molecule has 0 bridgehead atoms. The molecule has 128 valence electrons. The van der Waals surface area contributed by atoms with Gasteiger partial charge in [-0.2, -0.15) is 5.26 Å². The molecule has 0 aliphatic rings. The normalized spacial score (nSPS) is 10.0. The van der Waals surface area contributed by atoms with Crippen LogP contribution in [0.15, 0.2) is 53.1 Å². The molecule has 3 aromatic rings. The topological polar surface area (TPSA) is 121 Å². The first kappa shape index (κ1) is 16.9. The number of aromatic nitrogens is 2. The second-order valence-electron chi connectivity index (χ2n) is 5.33. The van der Waals surface area contributed by atoms with Gasteiger partial charge in [-0.25, -0.2) is 4.98 Å². The average molecular weight is 347 g/mol. The van der Waals surface area contributed by atoms with E-state index in [1.807, 2.05) is 6.07 Å². The summed E-state index contributed by atoms with van der Waals surface area (Å²) in [4.78, 5) is 28.6. The zero-order valence-corrected chi connectivity index (χ0v) is 13.7. The molecule has 0 unspecified atom stereocenters. The number of rotatable bonds is 4. The molecule has 1 aromatic carbocycles. The number of nitrogens with one attached hydrogen (secondary N) is 2. The van der Waals surface area contributed by atoms with Crippen LogP contribution in [0.1, 0.15) is 32.3 Å². The molecule has 0 aliphatic heterocycles. The molecule has 8 heteroatoms. The number of anilines is 2. The fourth-order valence-electron chi connectivity index (χ4n) is 2.12. The first-order valence-electron chi connectivity index (χ1n) is 7.58. The van der Waals surface area contributed by atoms with Gasteiger partial charge in [-0.1, -0.05) is 11.2 Å². The van der Waals surface area contributed by atoms with E-state index in [2.05, 4.69) is 20.8 Å². The van der Waals surface area contributed by atoms with Crippen molar-refractivity contribution in [2.75, 3.05) is 10.6 Å². The van der Waals surface area contributed by atoms with Gasteiger partial charge in [0.05, 0.1) is 11.6 Å². The third-order valence-electron chi connectivity index (χ3n) is 3.36. The molecule has 0 saturated carbocycles. The maximum atomic E-state index is 12.3. The summed E-state index contributed by atoms with van der Waals surface area (Å²) in [6.45, 7) is 1.70. The van der Waals surface area contributed by atoms with Crippen LogP contribution in [0.5, 0.6) is 0 Å². The predicted octanol–water partition coefficient (Wildman–Crippen LogP) is 2.75. The quantitative estimate of drug-likeness (QED) is 0.748.